The Morgan fingerprint density at radius 1 is 1.26 bits per heavy atom. The zero-order valence-electron chi connectivity index (χ0n) is 13.5. The van der Waals surface area contributed by atoms with Crippen molar-refractivity contribution in [3.8, 4) is 5.75 Å². The Morgan fingerprint density at radius 3 is 2.83 bits per heavy atom. The molecule has 2 heterocycles. The maximum absolute atomic E-state index is 12.7. The highest BCUT2D eigenvalue weighted by Crippen LogP contribution is 2.26. The molecule has 2 fully saturated rings. The van der Waals surface area contributed by atoms with E-state index in [1.807, 2.05) is 24.3 Å². The number of rotatable bonds is 4. The number of hydrogen-bond acceptors (Lipinski definition) is 3. The molecule has 0 saturated carbocycles. The smallest absolute Gasteiger partial charge is 0.225 e. The highest BCUT2D eigenvalue weighted by atomic mass is 35.5. The summed E-state index contributed by atoms with van der Waals surface area (Å²) in [6.45, 7) is 4.25. The van der Waals surface area contributed by atoms with E-state index in [2.05, 4.69) is 10.2 Å². The van der Waals surface area contributed by atoms with Crippen molar-refractivity contribution in [2.24, 2.45) is 11.8 Å². The Balaban J connectivity index is 1.51. The maximum atomic E-state index is 12.7. The number of halogens is 1. The Hall–Kier alpha value is -1.26. The lowest BCUT2D eigenvalue weighted by Gasteiger charge is -2.36. The van der Waals surface area contributed by atoms with E-state index in [1.54, 1.807) is 0 Å². The fourth-order valence-corrected chi connectivity index (χ4v) is 3.69. The second-order valence-electron chi connectivity index (χ2n) is 6.56. The van der Waals surface area contributed by atoms with Crippen molar-refractivity contribution in [3.63, 3.8) is 0 Å². The normalized spacial score (nSPS) is 22.8. The Bertz CT molecular complexity index is 532. The largest absolute Gasteiger partial charge is 0.492 e. The predicted octanol–water partition coefficient (Wildman–Crippen LogP) is 2.96. The van der Waals surface area contributed by atoms with Gasteiger partial charge >= 0.3 is 0 Å². The molecule has 2 aliphatic rings. The topological polar surface area (TPSA) is 41.6 Å². The fourth-order valence-electron chi connectivity index (χ4n) is 3.50. The van der Waals surface area contributed by atoms with Crippen molar-refractivity contribution in [1.29, 1.82) is 0 Å². The first-order valence-electron chi connectivity index (χ1n) is 8.61. The number of benzene rings is 1. The number of hydrogen-bond donors (Lipinski definition) is 1. The minimum absolute atomic E-state index is 0.208. The molecule has 1 N–H and O–H groups in total. The van der Waals surface area contributed by atoms with Crippen LogP contribution in [-0.2, 0) is 4.79 Å². The van der Waals surface area contributed by atoms with Gasteiger partial charge in [-0.05, 0) is 50.9 Å². The molecule has 5 heteroatoms. The molecule has 0 unspecified atom stereocenters. The number of amides is 1. The van der Waals surface area contributed by atoms with E-state index in [0.29, 0.717) is 23.5 Å². The lowest BCUT2D eigenvalue weighted by atomic mass is 9.93. The van der Waals surface area contributed by atoms with Gasteiger partial charge in [0.25, 0.3) is 0 Å². The van der Waals surface area contributed by atoms with Crippen molar-refractivity contribution in [1.82, 2.24) is 10.2 Å². The lowest BCUT2D eigenvalue weighted by Crippen LogP contribution is -2.46. The summed E-state index contributed by atoms with van der Waals surface area (Å²) in [6, 6.07) is 7.55. The van der Waals surface area contributed by atoms with Crippen LogP contribution in [0.25, 0.3) is 0 Å². The average Bonchev–Trinajstić information content (AvgIpc) is 2.61. The van der Waals surface area contributed by atoms with Crippen molar-refractivity contribution in [2.45, 2.75) is 25.7 Å². The fraction of sp³-hybridized carbons (Fsp3) is 0.611. The van der Waals surface area contributed by atoms with Crippen LogP contribution >= 0.6 is 11.6 Å². The van der Waals surface area contributed by atoms with Crippen LogP contribution in [0.2, 0.25) is 5.02 Å². The Labute approximate surface area is 143 Å². The molecule has 0 aliphatic carbocycles. The SMILES string of the molecule is O=C(C1CCNCC1)N1CCC[C@@H](COc2ccccc2Cl)C1. The van der Waals surface area contributed by atoms with Gasteiger partial charge in [0.2, 0.25) is 5.91 Å². The maximum Gasteiger partial charge on any atom is 0.225 e. The number of nitrogens with zero attached hydrogens (tertiary/aromatic N) is 1. The molecule has 1 aromatic carbocycles. The minimum atomic E-state index is 0.208. The van der Waals surface area contributed by atoms with Gasteiger partial charge in [0.15, 0.2) is 0 Å². The number of ether oxygens (including phenoxy) is 1. The molecule has 1 atom stereocenters. The molecule has 1 amide bonds. The first-order valence-corrected chi connectivity index (χ1v) is 8.98. The van der Waals surface area contributed by atoms with Gasteiger partial charge in [-0.3, -0.25) is 4.79 Å². The first-order chi connectivity index (χ1) is 11.2. The summed E-state index contributed by atoms with van der Waals surface area (Å²) in [4.78, 5) is 14.7. The highest BCUT2D eigenvalue weighted by Gasteiger charge is 2.29. The zero-order valence-corrected chi connectivity index (χ0v) is 14.2. The summed E-state index contributed by atoms with van der Waals surface area (Å²) in [7, 11) is 0. The van der Waals surface area contributed by atoms with Gasteiger partial charge < -0.3 is 15.0 Å². The number of piperidine rings is 2. The van der Waals surface area contributed by atoms with Crippen LogP contribution in [0.1, 0.15) is 25.7 Å². The number of likely N-dealkylation sites (tertiary alicyclic amines) is 1. The predicted molar refractivity (Wildman–Crippen MR) is 91.8 cm³/mol. The second-order valence-corrected chi connectivity index (χ2v) is 6.97. The van der Waals surface area contributed by atoms with E-state index in [1.165, 1.54) is 0 Å². The standard InChI is InChI=1S/C18H25ClN2O2/c19-16-5-1-2-6-17(16)23-13-14-4-3-11-21(12-14)18(22)15-7-9-20-10-8-15/h1-2,5-6,14-15,20H,3-4,7-13H2/t14-/m1/s1. The van der Waals surface area contributed by atoms with E-state index in [9.17, 15) is 4.79 Å². The zero-order chi connectivity index (χ0) is 16.1. The van der Waals surface area contributed by atoms with E-state index in [0.717, 1.165) is 57.6 Å². The minimum Gasteiger partial charge on any atom is -0.492 e. The van der Waals surface area contributed by atoms with Crippen LogP contribution in [0.5, 0.6) is 5.75 Å². The van der Waals surface area contributed by atoms with Gasteiger partial charge in [0, 0.05) is 24.9 Å². The molecule has 1 aromatic rings. The van der Waals surface area contributed by atoms with E-state index < -0.39 is 0 Å². The van der Waals surface area contributed by atoms with E-state index in [4.69, 9.17) is 16.3 Å². The summed E-state index contributed by atoms with van der Waals surface area (Å²) in [5, 5.41) is 3.97. The van der Waals surface area contributed by atoms with Crippen LogP contribution in [0.3, 0.4) is 0 Å². The second kappa shape index (κ2) is 8.02. The molecule has 126 valence electrons. The van der Waals surface area contributed by atoms with Gasteiger partial charge in [-0.2, -0.15) is 0 Å². The summed E-state index contributed by atoms with van der Waals surface area (Å²) in [5.41, 5.74) is 0. The van der Waals surface area contributed by atoms with Crippen molar-refractivity contribution in [2.75, 3.05) is 32.8 Å². The Morgan fingerprint density at radius 2 is 2.04 bits per heavy atom. The molecule has 0 radical (unpaired) electrons. The van der Waals surface area contributed by atoms with E-state index >= 15 is 0 Å². The van der Waals surface area contributed by atoms with Gasteiger partial charge in [0.05, 0.1) is 11.6 Å². The number of carbonyl (C=O) groups is 1. The van der Waals surface area contributed by atoms with Crippen LogP contribution in [-0.4, -0.2) is 43.6 Å². The van der Waals surface area contributed by atoms with Gasteiger partial charge in [-0.15, -0.1) is 0 Å². The summed E-state index contributed by atoms with van der Waals surface area (Å²) in [5.74, 6) is 1.68. The van der Waals surface area contributed by atoms with Gasteiger partial charge in [0.1, 0.15) is 5.75 Å². The highest BCUT2D eigenvalue weighted by molar-refractivity contribution is 6.32. The molecular formula is C18H25ClN2O2. The molecule has 0 bridgehead atoms. The third-order valence-electron chi connectivity index (χ3n) is 4.83. The number of carbonyl (C=O) groups excluding carboxylic acids is 1. The first kappa shape index (κ1) is 16.6. The molecule has 23 heavy (non-hydrogen) atoms. The molecule has 0 aromatic heterocycles. The van der Waals surface area contributed by atoms with Crippen LogP contribution in [0, 0.1) is 11.8 Å². The number of para-hydroxylation sites is 1. The molecule has 2 aliphatic heterocycles. The average molecular weight is 337 g/mol. The lowest BCUT2D eigenvalue weighted by molar-refractivity contribution is -0.138. The summed E-state index contributed by atoms with van der Waals surface area (Å²) in [6.07, 6.45) is 4.11. The summed E-state index contributed by atoms with van der Waals surface area (Å²) < 4.78 is 5.87. The molecular weight excluding hydrogens is 312 g/mol. The third kappa shape index (κ3) is 4.39. The van der Waals surface area contributed by atoms with Gasteiger partial charge in [-0.25, -0.2) is 0 Å². The Kier molecular flexibility index (Phi) is 5.79. The quantitative estimate of drug-likeness (QED) is 0.919. The monoisotopic (exact) mass is 336 g/mol. The molecule has 2 saturated heterocycles. The number of nitrogens with one attached hydrogen (secondary N) is 1. The summed E-state index contributed by atoms with van der Waals surface area (Å²) >= 11 is 6.13. The molecule has 3 rings (SSSR count). The third-order valence-corrected chi connectivity index (χ3v) is 5.14. The van der Waals surface area contributed by atoms with Gasteiger partial charge in [-0.1, -0.05) is 23.7 Å². The van der Waals surface area contributed by atoms with Crippen molar-refractivity contribution in [3.05, 3.63) is 29.3 Å². The molecule has 4 nitrogen and oxygen atoms in total. The van der Waals surface area contributed by atoms with E-state index in [-0.39, 0.29) is 5.92 Å². The van der Waals surface area contributed by atoms with Crippen LogP contribution in [0.15, 0.2) is 24.3 Å². The van der Waals surface area contributed by atoms with Crippen LogP contribution in [0.4, 0.5) is 0 Å². The molecule has 0 spiro atoms. The van der Waals surface area contributed by atoms with Crippen LogP contribution < -0.4 is 10.1 Å². The van der Waals surface area contributed by atoms with Crippen molar-refractivity contribution >= 4 is 17.5 Å². The van der Waals surface area contributed by atoms with Crippen molar-refractivity contribution < 1.29 is 9.53 Å².